The van der Waals surface area contributed by atoms with E-state index < -0.39 is 5.57 Å². The third-order valence-corrected chi connectivity index (χ3v) is 10.7. The number of rotatable bonds is 1. The highest BCUT2D eigenvalue weighted by Gasteiger charge is 2.31. The maximum absolute atomic E-state index is 2.62. The van der Waals surface area contributed by atoms with Crippen molar-refractivity contribution in [2.75, 3.05) is 0 Å². The molecule has 76 valence electrons. The molecule has 0 fully saturated rings. The fourth-order valence-corrected chi connectivity index (χ4v) is 0. The van der Waals surface area contributed by atoms with Crippen LogP contribution in [0.25, 0.3) is 0 Å². The topological polar surface area (TPSA) is 0 Å². The lowest BCUT2D eigenvalue weighted by Gasteiger charge is -2.30. The minimum Gasteiger partial charge on any atom is -0.119 e. The summed E-state index contributed by atoms with van der Waals surface area (Å²) in [5.41, 5.74) is -0.889. The van der Waals surface area contributed by atoms with Gasteiger partial charge in [-0.25, -0.2) is 0 Å². The number of unbranched alkanes of at least 4 members (excludes halogenated alkanes) is 1. The van der Waals surface area contributed by atoms with Crippen molar-refractivity contribution in [3.63, 3.8) is 0 Å². The smallest absolute Gasteiger partial charge is 0.119 e. The van der Waals surface area contributed by atoms with E-state index in [2.05, 4.69) is 69.5 Å². The number of halogens is 1. The predicted molar refractivity (Wildman–Crippen MR) is 71.8 cm³/mol. The Hall–Kier alpha value is 0.947. The van der Waals surface area contributed by atoms with E-state index in [0.717, 1.165) is 0 Å². The van der Waals surface area contributed by atoms with Gasteiger partial charge in [0.05, 0.1) is 0 Å². The van der Waals surface area contributed by atoms with E-state index in [1.807, 2.05) is 0 Å². The number of hydrogen-bond acceptors (Lipinski definition) is 0. The van der Waals surface area contributed by atoms with Crippen molar-refractivity contribution in [1.29, 1.82) is 0 Å². The van der Waals surface area contributed by atoms with Gasteiger partial charge in [0.25, 0.3) is 0 Å². The molecule has 0 spiro atoms. The van der Waals surface area contributed by atoms with Gasteiger partial charge in [0.1, 0.15) is 5.57 Å². The SMILES string of the molecule is CC(C)(C)[Si](C)(C)I.CCCC. The van der Waals surface area contributed by atoms with Crippen LogP contribution in [0.4, 0.5) is 0 Å². The fourth-order valence-electron chi connectivity index (χ4n) is 0. The fraction of sp³-hybridized carbons (Fsp3) is 1.00. The summed E-state index contributed by atoms with van der Waals surface area (Å²) < 4.78 is 0. The molecule has 0 radical (unpaired) electrons. The van der Waals surface area contributed by atoms with E-state index >= 15 is 0 Å². The highest BCUT2D eigenvalue weighted by molar-refractivity contribution is 14.1. The molecule has 0 nitrogen and oxygen atoms in total. The summed E-state index contributed by atoms with van der Waals surface area (Å²) >= 11 is 2.62. The molecule has 0 saturated carbocycles. The van der Waals surface area contributed by atoms with Gasteiger partial charge in [-0.3, -0.25) is 0 Å². The van der Waals surface area contributed by atoms with E-state index in [9.17, 15) is 0 Å². The molecule has 0 aromatic carbocycles. The maximum Gasteiger partial charge on any atom is 0.124 e. The molecule has 0 amide bonds. The molecular formula is C10H25ISi. The lowest BCUT2D eigenvalue weighted by atomic mass is 10.2. The zero-order valence-electron chi connectivity index (χ0n) is 9.79. The molecule has 0 aliphatic carbocycles. The Morgan fingerprint density at radius 1 is 1.00 bits per heavy atom. The van der Waals surface area contributed by atoms with Crippen LogP contribution in [0.15, 0.2) is 0 Å². The predicted octanol–water partition coefficient (Wildman–Crippen LogP) is 5.23. The van der Waals surface area contributed by atoms with E-state index in [0.29, 0.717) is 5.04 Å². The third-order valence-electron chi connectivity index (χ3n) is 2.28. The van der Waals surface area contributed by atoms with Gasteiger partial charge in [-0.2, -0.15) is 0 Å². The first-order valence-corrected chi connectivity index (χ1v) is 11.0. The second-order valence-electron chi connectivity index (χ2n) is 4.72. The Kier molecular flexibility index (Phi) is 8.23. The first kappa shape index (κ1) is 15.4. The Morgan fingerprint density at radius 3 is 1.17 bits per heavy atom. The van der Waals surface area contributed by atoms with Gasteiger partial charge in [-0.05, 0) is 5.04 Å². The van der Waals surface area contributed by atoms with Crippen LogP contribution in [0.1, 0.15) is 47.5 Å². The minimum atomic E-state index is -0.889. The molecule has 0 heterocycles. The molecule has 0 aliphatic heterocycles. The lowest BCUT2D eigenvalue weighted by molar-refractivity contribution is 0.739. The first-order valence-electron chi connectivity index (χ1n) is 4.85. The van der Waals surface area contributed by atoms with E-state index in [1.165, 1.54) is 12.8 Å². The quantitative estimate of drug-likeness (QED) is 0.353. The van der Waals surface area contributed by atoms with Crippen LogP contribution < -0.4 is 0 Å². The second kappa shape index (κ2) is 6.41. The van der Waals surface area contributed by atoms with Gasteiger partial charge in [0.15, 0.2) is 0 Å². The molecule has 0 aliphatic rings. The monoisotopic (exact) mass is 300 g/mol. The zero-order chi connectivity index (χ0) is 10.4. The van der Waals surface area contributed by atoms with Crippen molar-refractivity contribution >= 4 is 27.4 Å². The molecular weight excluding hydrogens is 275 g/mol. The van der Waals surface area contributed by atoms with Gasteiger partial charge >= 0.3 is 0 Å². The summed E-state index contributed by atoms with van der Waals surface area (Å²) in [5.74, 6) is 0. The van der Waals surface area contributed by atoms with Crippen LogP contribution in [0.2, 0.25) is 18.1 Å². The van der Waals surface area contributed by atoms with Gasteiger partial charge in [0.2, 0.25) is 0 Å². The van der Waals surface area contributed by atoms with Crippen molar-refractivity contribution in [1.82, 2.24) is 0 Å². The average Bonchev–Trinajstić information content (AvgIpc) is 1.84. The van der Waals surface area contributed by atoms with Crippen LogP contribution in [-0.4, -0.2) is 5.57 Å². The molecule has 2 heteroatoms. The van der Waals surface area contributed by atoms with Crippen LogP contribution in [0, 0.1) is 0 Å². The highest BCUT2D eigenvalue weighted by Crippen LogP contribution is 2.39. The van der Waals surface area contributed by atoms with E-state index in [4.69, 9.17) is 0 Å². The van der Waals surface area contributed by atoms with Crippen molar-refractivity contribution in [3.8, 4) is 0 Å². The maximum atomic E-state index is 2.62. The van der Waals surface area contributed by atoms with Crippen molar-refractivity contribution in [2.24, 2.45) is 0 Å². The summed E-state index contributed by atoms with van der Waals surface area (Å²) in [4.78, 5) is 0. The molecule has 0 saturated heterocycles. The Balaban J connectivity index is 0. The molecule has 0 unspecified atom stereocenters. The van der Waals surface area contributed by atoms with Crippen LogP contribution in [-0.2, 0) is 0 Å². The summed E-state index contributed by atoms with van der Waals surface area (Å²) in [6.07, 6.45) is 2.64. The van der Waals surface area contributed by atoms with Gasteiger partial charge in [-0.1, -0.05) is 60.6 Å². The third kappa shape index (κ3) is 9.04. The Morgan fingerprint density at radius 2 is 1.17 bits per heavy atom. The molecule has 0 aromatic heterocycles. The first-order chi connectivity index (χ1) is 5.16. The van der Waals surface area contributed by atoms with Crippen LogP contribution in [0.5, 0.6) is 0 Å². The summed E-state index contributed by atoms with van der Waals surface area (Å²) in [5, 5.41) is 0.563. The standard InChI is InChI=1S/C6H15ISi.C4H10/c1-6(2,3)8(4,5)7;1-3-4-2/h1-5H3;3-4H2,1-2H3. The van der Waals surface area contributed by atoms with Crippen molar-refractivity contribution < 1.29 is 0 Å². The van der Waals surface area contributed by atoms with Crippen LogP contribution in [0.3, 0.4) is 0 Å². The van der Waals surface area contributed by atoms with Gasteiger partial charge < -0.3 is 0 Å². The second-order valence-corrected chi connectivity index (χ2v) is 17.3. The van der Waals surface area contributed by atoms with Gasteiger partial charge in [0, 0.05) is 0 Å². The lowest BCUT2D eigenvalue weighted by Crippen LogP contribution is -2.28. The summed E-state index contributed by atoms with van der Waals surface area (Å²) in [7, 11) is 0. The molecule has 0 N–H and O–H groups in total. The zero-order valence-corrected chi connectivity index (χ0v) is 12.9. The summed E-state index contributed by atoms with van der Waals surface area (Å²) in [6, 6.07) is 0. The Bertz CT molecular complexity index is 83.4. The van der Waals surface area contributed by atoms with Crippen LogP contribution >= 0.6 is 21.8 Å². The highest BCUT2D eigenvalue weighted by atomic mass is 127. The number of hydrogen-bond donors (Lipinski definition) is 0. The minimum absolute atomic E-state index is 0.563. The van der Waals surface area contributed by atoms with E-state index in [-0.39, 0.29) is 0 Å². The average molecular weight is 300 g/mol. The molecule has 12 heavy (non-hydrogen) atoms. The molecule has 0 bridgehead atoms. The normalized spacial score (nSPS) is 12.0. The molecule has 0 rings (SSSR count). The van der Waals surface area contributed by atoms with E-state index in [1.54, 1.807) is 0 Å². The molecule has 0 atom stereocenters. The van der Waals surface area contributed by atoms with Crippen molar-refractivity contribution in [3.05, 3.63) is 0 Å². The molecule has 0 aromatic rings. The summed E-state index contributed by atoms with van der Waals surface area (Å²) in [6.45, 7) is 16.1. The Labute approximate surface area is 92.7 Å². The largest absolute Gasteiger partial charge is 0.124 e. The van der Waals surface area contributed by atoms with Gasteiger partial charge in [-0.15, -0.1) is 21.8 Å². The van der Waals surface area contributed by atoms with Crippen molar-refractivity contribution in [2.45, 2.75) is 65.6 Å².